The quantitative estimate of drug-likeness (QED) is 0.815. The van der Waals surface area contributed by atoms with Gasteiger partial charge in [-0.15, -0.1) is 10.2 Å². The average molecular weight is 237 g/mol. The Hall–Kier alpha value is -1.88. The number of nitrogens with zero attached hydrogens (tertiary/aromatic N) is 3. The number of aryl methyl sites for hydroxylation is 1. The van der Waals surface area contributed by atoms with Gasteiger partial charge in [-0.1, -0.05) is 17.7 Å². The van der Waals surface area contributed by atoms with E-state index < -0.39 is 0 Å². The normalized spacial score (nSPS) is 10.4. The molecule has 0 saturated carbocycles. The van der Waals surface area contributed by atoms with Gasteiger partial charge in [-0.2, -0.15) is 0 Å². The number of carbonyl (C=O) groups is 1. The maximum Gasteiger partial charge on any atom is 0.266 e. The van der Waals surface area contributed by atoms with Crippen LogP contribution in [-0.4, -0.2) is 20.7 Å². The van der Waals surface area contributed by atoms with E-state index in [1.54, 1.807) is 18.2 Å². The minimum Gasteiger partial charge on any atom is -0.368 e. The fourth-order valence-corrected chi connectivity index (χ4v) is 1.45. The number of nitrogen functional groups attached to an aromatic ring is 1. The number of halogens is 1. The fraction of sp³-hybridized carbons (Fsp3) is 0.100. The summed E-state index contributed by atoms with van der Waals surface area (Å²) in [6, 6.07) is 5.05. The van der Waals surface area contributed by atoms with E-state index in [1.165, 1.54) is 10.9 Å². The second-order valence-corrected chi connectivity index (χ2v) is 3.74. The summed E-state index contributed by atoms with van der Waals surface area (Å²) in [5, 5.41) is 7.62. The number of carbonyl (C=O) groups excluding carboxylic acids is 1. The molecule has 2 N–H and O–H groups in total. The second kappa shape index (κ2) is 3.94. The highest BCUT2D eigenvalue weighted by molar-refractivity contribution is 6.31. The van der Waals surface area contributed by atoms with Gasteiger partial charge in [0.25, 0.3) is 5.91 Å². The maximum absolute atomic E-state index is 11.9. The van der Waals surface area contributed by atoms with E-state index in [1.807, 2.05) is 6.92 Å². The summed E-state index contributed by atoms with van der Waals surface area (Å²) < 4.78 is 1.17. The first-order chi connectivity index (χ1) is 7.59. The van der Waals surface area contributed by atoms with Crippen LogP contribution in [0.4, 0.5) is 5.95 Å². The highest BCUT2D eigenvalue weighted by Crippen LogP contribution is 2.17. The number of hydrogen-bond donors (Lipinski definition) is 1. The summed E-state index contributed by atoms with van der Waals surface area (Å²) in [5.41, 5.74) is 6.84. The Morgan fingerprint density at radius 1 is 1.50 bits per heavy atom. The Labute approximate surface area is 96.8 Å². The van der Waals surface area contributed by atoms with Crippen LogP contribution < -0.4 is 5.73 Å². The lowest BCUT2D eigenvalue weighted by molar-refractivity contribution is 0.0962. The predicted molar refractivity (Wildman–Crippen MR) is 60.4 cm³/mol. The van der Waals surface area contributed by atoms with E-state index in [-0.39, 0.29) is 11.9 Å². The topological polar surface area (TPSA) is 73.8 Å². The number of aromatic nitrogens is 3. The molecule has 1 heterocycles. The zero-order valence-electron chi connectivity index (χ0n) is 8.51. The van der Waals surface area contributed by atoms with Crippen molar-refractivity contribution in [3.05, 3.63) is 40.7 Å². The highest BCUT2D eigenvalue weighted by Gasteiger charge is 2.12. The van der Waals surface area contributed by atoms with Gasteiger partial charge in [0, 0.05) is 10.6 Å². The maximum atomic E-state index is 11.9. The van der Waals surface area contributed by atoms with Crippen molar-refractivity contribution in [3.8, 4) is 0 Å². The SMILES string of the molecule is Cc1ccc(C(=O)n2cnnc2N)cc1Cl. The summed E-state index contributed by atoms with van der Waals surface area (Å²) in [5.74, 6) is -0.244. The van der Waals surface area contributed by atoms with Crippen LogP contribution in [0, 0.1) is 6.92 Å². The van der Waals surface area contributed by atoms with Crippen molar-refractivity contribution < 1.29 is 4.79 Å². The number of benzene rings is 1. The highest BCUT2D eigenvalue weighted by atomic mass is 35.5. The molecular formula is C10H9ClN4O. The zero-order valence-corrected chi connectivity index (χ0v) is 9.27. The van der Waals surface area contributed by atoms with Gasteiger partial charge in [-0.05, 0) is 24.6 Å². The third-order valence-electron chi connectivity index (χ3n) is 2.21. The van der Waals surface area contributed by atoms with Crippen LogP contribution in [0.25, 0.3) is 0 Å². The van der Waals surface area contributed by atoms with E-state index in [0.717, 1.165) is 5.56 Å². The Morgan fingerprint density at radius 2 is 2.25 bits per heavy atom. The molecule has 0 aliphatic carbocycles. The predicted octanol–water partition coefficient (Wildman–Crippen LogP) is 1.51. The molecule has 0 radical (unpaired) electrons. The van der Waals surface area contributed by atoms with E-state index in [2.05, 4.69) is 10.2 Å². The minimum atomic E-state index is -0.301. The molecule has 0 spiro atoms. The first-order valence-corrected chi connectivity index (χ1v) is 4.93. The van der Waals surface area contributed by atoms with Crippen molar-refractivity contribution in [2.75, 3.05) is 5.73 Å². The molecule has 1 aromatic heterocycles. The van der Waals surface area contributed by atoms with E-state index in [4.69, 9.17) is 17.3 Å². The molecule has 0 amide bonds. The van der Waals surface area contributed by atoms with Crippen LogP contribution in [0.15, 0.2) is 24.5 Å². The zero-order chi connectivity index (χ0) is 11.7. The van der Waals surface area contributed by atoms with Crippen LogP contribution in [0.1, 0.15) is 15.9 Å². The number of anilines is 1. The lowest BCUT2D eigenvalue weighted by Crippen LogP contribution is -2.13. The first kappa shape index (κ1) is 10.6. The lowest BCUT2D eigenvalue weighted by Gasteiger charge is -2.04. The third kappa shape index (κ3) is 1.77. The van der Waals surface area contributed by atoms with Gasteiger partial charge < -0.3 is 5.73 Å². The molecule has 82 valence electrons. The van der Waals surface area contributed by atoms with Gasteiger partial charge in [-0.25, -0.2) is 4.57 Å². The Morgan fingerprint density at radius 3 is 2.81 bits per heavy atom. The van der Waals surface area contributed by atoms with Crippen LogP contribution in [-0.2, 0) is 0 Å². The monoisotopic (exact) mass is 236 g/mol. The summed E-state index contributed by atoms with van der Waals surface area (Å²) >= 11 is 5.94. The molecule has 5 nitrogen and oxygen atoms in total. The Bertz CT molecular complexity index is 550. The Balaban J connectivity index is 2.42. The van der Waals surface area contributed by atoms with Crippen molar-refractivity contribution >= 4 is 23.5 Å². The first-order valence-electron chi connectivity index (χ1n) is 4.56. The van der Waals surface area contributed by atoms with Crippen LogP contribution in [0.5, 0.6) is 0 Å². The number of nitrogens with two attached hydrogens (primary N) is 1. The molecule has 0 atom stereocenters. The van der Waals surface area contributed by atoms with Gasteiger partial charge >= 0.3 is 0 Å². The molecule has 0 aliphatic rings. The van der Waals surface area contributed by atoms with Gasteiger partial charge in [0.05, 0.1) is 0 Å². The standard InChI is InChI=1S/C10H9ClN4O/c1-6-2-3-7(4-8(6)11)9(16)15-5-13-14-10(15)12/h2-5H,1H3,(H2,12,14). The molecule has 0 bridgehead atoms. The van der Waals surface area contributed by atoms with Gasteiger partial charge in [-0.3, -0.25) is 4.79 Å². The van der Waals surface area contributed by atoms with Crippen LogP contribution in [0.3, 0.4) is 0 Å². The summed E-state index contributed by atoms with van der Waals surface area (Å²) in [7, 11) is 0. The van der Waals surface area contributed by atoms with Crippen molar-refractivity contribution in [3.63, 3.8) is 0 Å². The fourth-order valence-electron chi connectivity index (χ4n) is 1.27. The molecule has 2 aromatic rings. The molecule has 2 rings (SSSR count). The van der Waals surface area contributed by atoms with Gasteiger partial charge in [0.15, 0.2) is 0 Å². The van der Waals surface area contributed by atoms with Gasteiger partial charge in [0.2, 0.25) is 5.95 Å². The number of hydrogen-bond acceptors (Lipinski definition) is 4. The van der Waals surface area contributed by atoms with Crippen molar-refractivity contribution in [1.82, 2.24) is 14.8 Å². The summed E-state index contributed by atoms with van der Waals surface area (Å²) in [4.78, 5) is 11.9. The molecule has 1 aromatic carbocycles. The average Bonchev–Trinajstić information content (AvgIpc) is 2.67. The largest absolute Gasteiger partial charge is 0.368 e. The molecule has 6 heteroatoms. The lowest BCUT2D eigenvalue weighted by atomic mass is 10.1. The van der Waals surface area contributed by atoms with Crippen LogP contribution >= 0.6 is 11.6 Å². The smallest absolute Gasteiger partial charge is 0.266 e. The van der Waals surface area contributed by atoms with Gasteiger partial charge in [0.1, 0.15) is 6.33 Å². The molecule has 16 heavy (non-hydrogen) atoms. The summed E-state index contributed by atoms with van der Waals surface area (Å²) in [6.45, 7) is 1.86. The Kier molecular flexibility index (Phi) is 2.62. The molecule has 0 unspecified atom stereocenters. The van der Waals surface area contributed by atoms with Crippen LogP contribution in [0.2, 0.25) is 5.02 Å². The summed E-state index contributed by atoms with van der Waals surface area (Å²) in [6.07, 6.45) is 1.27. The number of rotatable bonds is 1. The third-order valence-corrected chi connectivity index (χ3v) is 2.62. The molecular weight excluding hydrogens is 228 g/mol. The van der Waals surface area contributed by atoms with Crippen molar-refractivity contribution in [1.29, 1.82) is 0 Å². The van der Waals surface area contributed by atoms with E-state index in [0.29, 0.717) is 10.6 Å². The van der Waals surface area contributed by atoms with E-state index in [9.17, 15) is 4.79 Å². The van der Waals surface area contributed by atoms with E-state index >= 15 is 0 Å². The molecule has 0 saturated heterocycles. The minimum absolute atomic E-state index is 0.0571. The molecule has 0 fully saturated rings. The van der Waals surface area contributed by atoms with Crippen molar-refractivity contribution in [2.24, 2.45) is 0 Å². The second-order valence-electron chi connectivity index (χ2n) is 3.33. The molecule has 0 aliphatic heterocycles. The van der Waals surface area contributed by atoms with Crippen molar-refractivity contribution in [2.45, 2.75) is 6.92 Å².